The fourth-order valence-electron chi connectivity index (χ4n) is 1.81. The van der Waals surface area contributed by atoms with E-state index in [0.29, 0.717) is 34.9 Å². The van der Waals surface area contributed by atoms with Crippen molar-refractivity contribution in [2.45, 2.75) is 0 Å². The van der Waals surface area contributed by atoms with Crippen molar-refractivity contribution < 1.29 is 14.6 Å². The van der Waals surface area contributed by atoms with Gasteiger partial charge in [0.05, 0.1) is 12.2 Å². The standard InChI is InChI=1S/C11H13IN2O3/c1-17-6-7-4-14(5-7)11(16)8-2-9(15)10(12)13-3-8/h2-3,7,15H,4-6H2,1H3. The number of halogens is 1. The molecule has 0 atom stereocenters. The van der Waals surface area contributed by atoms with E-state index < -0.39 is 0 Å². The third kappa shape index (κ3) is 2.68. The molecule has 1 aliphatic heterocycles. The number of carbonyl (C=O) groups is 1. The van der Waals surface area contributed by atoms with E-state index in [0.717, 1.165) is 0 Å². The Bertz CT molecular complexity index is 433. The van der Waals surface area contributed by atoms with Crippen LogP contribution in [0.5, 0.6) is 5.75 Å². The molecule has 5 nitrogen and oxygen atoms in total. The monoisotopic (exact) mass is 348 g/mol. The predicted octanol–water partition coefficient (Wildman–Crippen LogP) is 1.11. The van der Waals surface area contributed by atoms with Crippen molar-refractivity contribution in [3.8, 4) is 5.75 Å². The molecule has 0 unspecified atom stereocenters. The molecule has 0 aliphatic carbocycles. The smallest absolute Gasteiger partial charge is 0.255 e. The molecule has 1 aliphatic rings. The van der Waals surface area contributed by atoms with Crippen LogP contribution in [-0.4, -0.2) is 47.7 Å². The quantitative estimate of drug-likeness (QED) is 0.657. The van der Waals surface area contributed by atoms with Crippen molar-refractivity contribution in [3.63, 3.8) is 0 Å². The average Bonchev–Trinajstić information content (AvgIpc) is 2.26. The molecule has 2 heterocycles. The summed E-state index contributed by atoms with van der Waals surface area (Å²) in [6.07, 6.45) is 1.49. The number of rotatable bonds is 3. The van der Waals surface area contributed by atoms with E-state index in [1.807, 2.05) is 22.6 Å². The number of hydrogen-bond acceptors (Lipinski definition) is 4. The number of nitrogens with zero attached hydrogens (tertiary/aromatic N) is 2. The lowest BCUT2D eigenvalue weighted by Gasteiger charge is -2.38. The lowest BCUT2D eigenvalue weighted by molar-refractivity contribution is 0.0269. The van der Waals surface area contributed by atoms with Gasteiger partial charge in [-0.05, 0) is 28.7 Å². The maximum Gasteiger partial charge on any atom is 0.255 e. The molecule has 0 saturated carbocycles. The van der Waals surface area contributed by atoms with Crippen LogP contribution >= 0.6 is 22.6 Å². The van der Waals surface area contributed by atoms with Gasteiger partial charge in [0.1, 0.15) is 9.45 Å². The second-order valence-corrected chi connectivity index (χ2v) is 5.09. The minimum absolute atomic E-state index is 0.0467. The summed E-state index contributed by atoms with van der Waals surface area (Å²) in [6.45, 7) is 2.10. The Morgan fingerprint density at radius 3 is 3.00 bits per heavy atom. The molecule has 2 rings (SSSR count). The molecule has 0 bridgehead atoms. The SMILES string of the molecule is COCC1CN(C(=O)c2cnc(I)c(O)c2)C1. The number of aromatic nitrogens is 1. The largest absolute Gasteiger partial charge is 0.505 e. The number of hydrogen-bond donors (Lipinski definition) is 1. The van der Waals surface area contributed by atoms with Crippen LogP contribution in [0.1, 0.15) is 10.4 Å². The summed E-state index contributed by atoms with van der Waals surface area (Å²) in [5, 5.41) is 9.50. The van der Waals surface area contributed by atoms with Gasteiger partial charge in [0.15, 0.2) is 0 Å². The van der Waals surface area contributed by atoms with Crippen molar-refractivity contribution in [1.82, 2.24) is 9.88 Å². The van der Waals surface area contributed by atoms with Crippen molar-refractivity contribution >= 4 is 28.5 Å². The normalized spacial score (nSPS) is 15.8. The number of amides is 1. The van der Waals surface area contributed by atoms with Gasteiger partial charge >= 0.3 is 0 Å². The van der Waals surface area contributed by atoms with Crippen molar-refractivity contribution in [2.75, 3.05) is 26.8 Å². The van der Waals surface area contributed by atoms with Crippen LogP contribution in [0, 0.1) is 9.62 Å². The zero-order valence-corrected chi connectivity index (χ0v) is 11.5. The van der Waals surface area contributed by atoms with E-state index in [9.17, 15) is 9.90 Å². The van der Waals surface area contributed by atoms with Gasteiger partial charge in [0.25, 0.3) is 5.91 Å². The van der Waals surface area contributed by atoms with Crippen LogP contribution in [0.2, 0.25) is 0 Å². The molecule has 0 spiro atoms. The zero-order valence-electron chi connectivity index (χ0n) is 9.39. The Kier molecular flexibility index (Phi) is 3.82. The molecular formula is C11H13IN2O3. The first-order chi connectivity index (χ1) is 8.11. The second-order valence-electron chi connectivity index (χ2n) is 4.07. The Morgan fingerprint density at radius 2 is 2.41 bits per heavy atom. The Balaban J connectivity index is 1.99. The molecule has 6 heteroatoms. The summed E-state index contributed by atoms with van der Waals surface area (Å²) in [5.41, 5.74) is 0.429. The molecule has 92 valence electrons. The van der Waals surface area contributed by atoms with Gasteiger partial charge in [-0.1, -0.05) is 0 Å². The first-order valence-electron chi connectivity index (χ1n) is 5.24. The third-order valence-electron chi connectivity index (χ3n) is 2.71. The number of ether oxygens (including phenoxy) is 1. The molecule has 1 N–H and O–H groups in total. The summed E-state index contributed by atoms with van der Waals surface area (Å²) in [6, 6.07) is 1.46. The van der Waals surface area contributed by atoms with Gasteiger partial charge in [0, 0.05) is 32.3 Å². The molecule has 1 aromatic heterocycles. The van der Waals surface area contributed by atoms with Crippen molar-refractivity contribution in [1.29, 1.82) is 0 Å². The highest BCUT2D eigenvalue weighted by Crippen LogP contribution is 2.22. The maximum atomic E-state index is 12.0. The second kappa shape index (κ2) is 5.18. The summed E-state index contributed by atoms with van der Waals surface area (Å²) in [7, 11) is 1.66. The average molecular weight is 348 g/mol. The number of likely N-dealkylation sites (tertiary alicyclic amines) is 1. The highest BCUT2D eigenvalue weighted by Gasteiger charge is 2.31. The fraction of sp³-hybridized carbons (Fsp3) is 0.455. The number of aromatic hydroxyl groups is 1. The zero-order chi connectivity index (χ0) is 12.4. The Labute approximate surface area is 113 Å². The highest BCUT2D eigenvalue weighted by molar-refractivity contribution is 14.1. The van der Waals surface area contributed by atoms with Crippen LogP contribution in [0.3, 0.4) is 0 Å². The van der Waals surface area contributed by atoms with Gasteiger partial charge in [0.2, 0.25) is 0 Å². The minimum atomic E-state index is -0.0865. The number of methoxy groups -OCH3 is 1. The fourth-order valence-corrected chi connectivity index (χ4v) is 2.11. The molecule has 0 aromatic carbocycles. The van der Waals surface area contributed by atoms with Gasteiger partial charge < -0.3 is 14.7 Å². The van der Waals surface area contributed by atoms with Crippen LogP contribution in [0.15, 0.2) is 12.3 Å². The van der Waals surface area contributed by atoms with Crippen molar-refractivity contribution in [2.24, 2.45) is 5.92 Å². The van der Waals surface area contributed by atoms with Crippen LogP contribution < -0.4 is 0 Å². The topological polar surface area (TPSA) is 62.7 Å². The van der Waals surface area contributed by atoms with E-state index in [-0.39, 0.29) is 11.7 Å². The summed E-state index contributed by atoms with van der Waals surface area (Å²) >= 11 is 1.92. The van der Waals surface area contributed by atoms with E-state index in [2.05, 4.69) is 4.98 Å². The van der Waals surface area contributed by atoms with Gasteiger partial charge in [-0.15, -0.1) is 0 Å². The first kappa shape index (κ1) is 12.6. The summed E-state index contributed by atoms with van der Waals surface area (Å²) in [5.74, 6) is 0.385. The third-order valence-corrected chi connectivity index (χ3v) is 3.55. The van der Waals surface area contributed by atoms with Gasteiger partial charge in [-0.3, -0.25) is 4.79 Å². The minimum Gasteiger partial charge on any atom is -0.505 e. The number of carbonyl (C=O) groups excluding carboxylic acids is 1. The molecule has 1 fully saturated rings. The number of pyridine rings is 1. The lowest BCUT2D eigenvalue weighted by atomic mass is 10.0. The van der Waals surface area contributed by atoms with Crippen LogP contribution in [-0.2, 0) is 4.74 Å². The van der Waals surface area contributed by atoms with Crippen LogP contribution in [0.25, 0.3) is 0 Å². The molecule has 1 amide bonds. The van der Waals surface area contributed by atoms with E-state index in [4.69, 9.17) is 4.74 Å². The van der Waals surface area contributed by atoms with Crippen molar-refractivity contribution in [3.05, 3.63) is 21.5 Å². The molecule has 1 aromatic rings. The van der Waals surface area contributed by atoms with E-state index >= 15 is 0 Å². The first-order valence-corrected chi connectivity index (χ1v) is 6.32. The van der Waals surface area contributed by atoms with Gasteiger partial charge in [-0.2, -0.15) is 0 Å². The maximum absolute atomic E-state index is 12.0. The summed E-state index contributed by atoms with van der Waals surface area (Å²) < 4.78 is 5.52. The molecule has 1 saturated heterocycles. The molecule has 17 heavy (non-hydrogen) atoms. The van der Waals surface area contributed by atoms with E-state index in [1.54, 1.807) is 12.0 Å². The molecular weight excluding hydrogens is 335 g/mol. The lowest BCUT2D eigenvalue weighted by Crippen LogP contribution is -2.51. The summed E-state index contributed by atoms with van der Waals surface area (Å²) in [4.78, 5) is 17.7. The van der Waals surface area contributed by atoms with Crippen LogP contribution in [0.4, 0.5) is 0 Å². The highest BCUT2D eigenvalue weighted by atomic mass is 127. The predicted molar refractivity (Wildman–Crippen MR) is 69.9 cm³/mol. The van der Waals surface area contributed by atoms with E-state index in [1.165, 1.54) is 12.3 Å². The Morgan fingerprint density at radius 1 is 1.71 bits per heavy atom. The van der Waals surface area contributed by atoms with Gasteiger partial charge in [-0.25, -0.2) is 4.98 Å². The molecule has 0 radical (unpaired) electrons. The Hall–Kier alpha value is -0.890.